The average molecular weight is 407 g/mol. The molecule has 144 valence electrons. The van der Waals surface area contributed by atoms with Crippen LogP contribution in [0.2, 0.25) is 5.02 Å². The first-order chi connectivity index (χ1) is 13.0. The monoisotopic (exact) mass is 406 g/mol. The van der Waals surface area contributed by atoms with E-state index in [1.807, 2.05) is 12.1 Å². The third kappa shape index (κ3) is 5.09. The van der Waals surface area contributed by atoms with Gasteiger partial charge in [0.2, 0.25) is 10.0 Å². The maximum atomic E-state index is 12.9. The van der Waals surface area contributed by atoms with Crippen molar-refractivity contribution >= 4 is 27.5 Å². The SMILES string of the molecule is O=C(NCc1ccc(Cl)cc1)c1cccc(S(=O)(=O)N2CCCCCC2)c1. The van der Waals surface area contributed by atoms with Crippen molar-refractivity contribution in [3.8, 4) is 0 Å². The minimum atomic E-state index is -3.57. The number of nitrogens with one attached hydrogen (secondary N) is 1. The normalized spacial score (nSPS) is 15.9. The van der Waals surface area contributed by atoms with Gasteiger partial charge in [-0.05, 0) is 48.7 Å². The number of carbonyl (C=O) groups excluding carboxylic acids is 1. The van der Waals surface area contributed by atoms with Gasteiger partial charge < -0.3 is 5.32 Å². The minimum Gasteiger partial charge on any atom is -0.348 e. The molecule has 3 rings (SSSR count). The fraction of sp³-hybridized carbons (Fsp3) is 0.350. The Hall–Kier alpha value is -1.89. The van der Waals surface area contributed by atoms with E-state index in [9.17, 15) is 13.2 Å². The molecular weight excluding hydrogens is 384 g/mol. The van der Waals surface area contributed by atoms with E-state index in [-0.39, 0.29) is 10.8 Å². The van der Waals surface area contributed by atoms with Crippen molar-refractivity contribution in [2.75, 3.05) is 13.1 Å². The maximum Gasteiger partial charge on any atom is 0.251 e. The van der Waals surface area contributed by atoms with Gasteiger partial charge in [-0.25, -0.2) is 8.42 Å². The second-order valence-electron chi connectivity index (χ2n) is 6.66. The number of benzene rings is 2. The summed E-state index contributed by atoms with van der Waals surface area (Å²) in [7, 11) is -3.57. The number of hydrogen-bond acceptors (Lipinski definition) is 3. The molecule has 1 aliphatic heterocycles. The van der Waals surface area contributed by atoms with Crippen molar-refractivity contribution in [1.29, 1.82) is 0 Å². The summed E-state index contributed by atoms with van der Waals surface area (Å²) in [5.74, 6) is -0.308. The third-order valence-corrected chi connectivity index (χ3v) is 6.81. The zero-order chi connectivity index (χ0) is 19.3. The number of amides is 1. The summed E-state index contributed by atoms with van der Waals surface area (Å²) in [6.45, 7) is 1.42. The zero-order valence-electron chi connectivity index (χ0n) is 15.0. The van der Waals surface area contributed by atoms with Crippen LogP contribution in [0.4, 0.5) is 0 Å². The Balaban J connectivity index is 1.72. The number of sulfonamides is 1. The van der Waals surface area contributed by atoms with Gasteiger partial charge in [-0.15, -0.1) is 0 Å². The molecule has 1 amide bonds. The minimum absolute atomic E-state index is 0.170. The van der Waals surface area contributed by atoms with Crippen molar-refractivity contribution in [1.82, 2.24) is 9.62 Å². The largest absolute Gasteiger partial charge is 0.348 e. The molecule has 0 radical (unpaired) electrons. The van der Waals surface area contributed by atoms with E-state index in [1.54, 1.807) is 30.3 Å². The van der Waals surface area contributed by atoms with Crippen LogP contribution in [0, 0.1) is 0 Å². The van der Waals surface area contributed by atoms with Gasteiger partial charge >= 0.3 is 0 Å². The van der Waals surface area contributed by atoms with E-state index in [0.29, 0.717) is 30.2 Å². The quantitative estimate of drug-likeness (QED) is 0.820. The molecule has 0 unspecified atom stereocenters. The molecule has 1 heterocycles. The smallest absolute Gasteiger partial charge is 0.251 e. The van der Waals surface area contributed by atoms with E-state index in [0.717, 1.165) is 31.2 Å². The molecule has 1 fully saturated rings. The summed E-state index contributed by atoms with van der Waals surface area (Å²) in [4.78, 5) is 12.6. The molecule has 5 nitrogen and oxygen atoms in total. The number of halogens is 1. The van der Waals surface area contributed by atoms with E-state index in [4.69, 9.17) is 11.6 Å². The fourth-order valence-corrected chi connectivity index (χ4v) is 4.81. The number of carbonyl (C=O) groups is 1. The summed E-state index contributed by atoms with van der Waals surface area (Å²) in [5, 5.41) is 3.45. The second-order valence-corrected chi connectivity index (χ2v) is 9.03. The van der Waals surface area contributed by atoms with Crippen LogP contribution in [0.3, 0.4) is 0 Å². The first-order valence-corrected chi connectivity index (χ1v) is 10.9. The highest BCUT2D eigenvalue weighted by Gasteiger charge is 2.25. The van der Waals surface area contributed by atoms with Gasteiger partial charge in [0.05, 0.1) is 4.90 Å². The lowest BCUT2D eigenvalue weighted by molar-refractivity contribution is 0.0950. The Kier molecular flexibility index (Phi) is 6.52. The van der Waals surface area contributed by atoms with Crippen LogP contribution in [0.5, 0.6) is 0 Å². The van der Waals surface area contributed by atoms with Gasteiger partial charge in [0, 0.05) is 30.2 Å². The van der Waals surface area contributed by atoms with Crippen LogP contribution >= 0.6 is 11.6 Å². The summed E-state index contributed by atoms with van der Waals surface area (Å²) in [6.07, 6.45) is 3.86. The summed E-state index contributed by atoms with van der Waals surface area (Å²) >= 11 is 5.86. The van der Waals surface area contributed by atoms with Crippen LogP contribution in [0.1, 0.15) is 41.6 Å². The Bertz CT molecular complexity index is 890. The lowest BCUT2D eigenvalue weighted by Crippen LogP contribution is -2.32. The molecule has 2 aromatic carbocycles. The van der Waals surface area contributed by atoms with Crippen molar-refractivity contribution in [3.63, 3.8) is 0 Å². The summed E-state index contributed by atoms with van der Waals surface area (Å²) in [6, 6.07) is 13.4. The van der Waals surface area contributed by atoms with E-state index in [1.165, 1.54) is 10.4 Å². The molecule has 0 aromatic heterocycles. The molecule has 0 spiro atoms. The van der Waals surface area contributed by atoms with E-state index >= 15 is 0 Å². The lowest BCUT2D eigenvalue weighted by Gasteiger charge is -2.20. The third-order valence-electron chi connectivity index (χ3n) is 4.67. The van der Waals surface area contributed by atoms with Gasteiger partial charge in [0.1, 0.15) is 0 Å². The van der Waals surface area contributed by atoms with Crippen LogP contribution < -0.4 is 5.32 Å². The maximum absolute atomic E-state index is 12.9. The molecule has 2 aromatic rings. The fourth-order valence-electron chi connectivity index (χ4n) is 3.12. The van der Waals surface area contributed by atoms with Gasteiger partial charge in [-0.2, -0.15) is 4.31 Å². The molecule has 1 saturated heterocycles. The highest BCUT2D eigenvalue weighted by atomic mass is 35.5. The summed E-state index contributed by atoms with van der Waals surface area (Å²) in [5.41, 5.74) is 1.25. The average Bonchev–Trinajstić information content (AvgIpc) is 2.97. The number of hydrogen-bond donors (Lipinski definition) is 1. The standard InChI is InChI=1S/C20H23ClN2O3S/c21-18-10-8-16(9-11-18)15-22-20(24)17-6-5-7-19(14-17)27(25,26)23-12-3-1-2-4-13-23/h5-11,14H,1-4,12-13,15H2,(H,22,24). The van der Waals surface area contributed by atoms with Gasteiger partial charge in [-0.1, -0.05) is 42.6 Å². The molecule has 1 aliphatic rings. The van der Waals surface area contributed by atoms with Crippen LogP contribution in [0.15, 0.2) is 53.4 Å². The molecule has 27 heavy (non-hydrogen) atoms. The van der Waals surface area contributed by atoms with Crippen LogP contribution in [-0.4, -0.2) is 31.7 Å². The Labute approximate surface area is 165 Å². The van der Waals surface area contributed by atoms with E-state index < -0.39 is 10.0 Å². The number of rotatable bonds is 5. The lowest BCUT2D eigenvalue weighted by atomic mass is 10.2. The first-order valence-electron chi connectivity index (χ1n) is 9.10. The molecule has 0 aliphatic carbocycles. The van der Waals surface area contributed by atoms with Gasteiger partial charge in [0.15, 0.2) is 0 Å². The Morgan fingerprint density at radius 2 is 1.67 bits per heavy atom. The van der Waals surface area contributed by atoms with E-state index in [2.05, 4.69) is 5.32 Å². The molecule has 0 atom stereocenters. The molecule has 0 bridgehead atoms. The van der Waals surface area contributed by atoms with Crippen molar-refractivity contribution in [3.05, 3.63) is 64.7 Å². The predicted octanol–water partition coefficient (Wildman–Crippen LogP) is 3.83. The molecular formula is C20H23ClN2O3S. The topological polar surface area (TPSA) is 66.5 Å². The second kappa shape index (κ2) is 8.87. The van der Waals surface area contributed by atoms with Gasteiger partial charge in [0.25, 0.3) is 5.91 Å². The van der Waals surface area contributed by atoms with Crippen molar-refractivity contribution < 1.29 is 13.2 Å². The highest BCUT2D eigenvalue weighted by Crippen LogP contribution is 2.21. The first kappa shape index (κ1) is 19.9. The highest BCUT2D eigenvalue weighted by molar-refractivity contribution is 7.89. The number of nitrogens with zero attached hydrogens (tertiary/aromatic N) is 1. The van der Waals surface area contributed by atoms with Gasteiger partial charge in [-0.3, -0.25) is 4.79 Å². The van der Waals surface area contributed by atoms with Crippen LogP contribution in [-0.2, 0) is 16.6 Å². The van der Waals surface area contributed by atoms with Crippen molar-refractivity contribution in [2.45, 2.75) is 37.1 Å². The summed E-state index contributed by atoms with van der Waals surface area (Å²) < 4.78 is 27.3. The Morgan fingerprint density at radius 3 is 2.33 bits per heavy atom. The Morgan fingerprint density at radius 1 is 1.00 bits per heavy atom. The van der Waals surface area contributed by atoms with Crippen molar-refractivity contribution in [2.24, 2.45) is 0 Å². The van der Waals surface area contributed by atoms with Crippen LogP contribution in [0.25, 0.3) is 0 Å². The molecule has 7 heteroatoms. The zero-order valence-corrected chi connectivity index (χ0v) is 16.6. The molecule has 0 saturated carbocycles. The predicted molar refractivity (Wildman–Crippen MR) is 106 cm³/mol. The molecule has 1 N–H and O–H groups in total.